The fourth-order valence-electron chi connectivity index (χ4n) is 2.24. The van der Waals surface area contributed by atoms with Crippen LogP contribution in [0.15, 0.2) is 33.6 Å². The topological polar surface area (TPSA) is 67.4 Å². The monoisotopic (exact) mass is 393 g/mol. The van der Waals surface area contributed by atoms with Crippen molar-refractivity contribution in [2.45, 2.75) is 29.8 Å². The van der Waals surface area contributed by atoms with Crippen molar-refractivity contribution < 1.29 is 4.39 Å². The Morgan fingerprint density at radius 2 is 2.12 bits per heavy atom. The van der Waals surface area contributed by atoms with Gasteiger partial charge in [-0.25, -0.2) is 4.39 Å². The van der Waals surface area contributed by atoms with E-state index in [0.717, 1.165) is 11.5 Å². The first kappa shape index (κ1) is 17.9. The molecule has 0 spiro atoms. The Morgan fingerprint density at radius 3 is 2.80 bits per heavy atom. The lowest BCUT2D eigenvalue weighted by molar-refractivity contribution is 0.496. The maximum absolute atomic E-state index is 14.2. The first-order valence-electron chi connectivity index (χ1n) is 7.42. The van der Waals surface area contributed by atoms with E-state index < -0.39 is 0 Å². The van der Waals surface area contributed by atoms with Crippen LogP contribution in [0.4, 0.5) is 4.39 Å². The highest BCUT2D eigenvalue weighted by Gasteiger charge is 2.21. The van der Waals surface area contributed by atoms with Gasteiger partial charge < -0.3 is 4.57 Å². The van der Waals surface area contributed by atoms with Gasteiger partial charge in [0, 0.05) is 6.54 Å². The minimum Gasteiger partial charge on any atom is -0.301 e. The van der Waals surface area contributed by atoms with Gasteiger partial charge in [0.25, 0.3) is 0 Å². The molecule has 128 valence electrons. The van der Waals surface area contributed by atoms with Crippen molar-refractivity contribution in [1.29, 1.82) is 5.26 Å². The molecule has 9 heteroatoms. The third-order valence-electron chi connectivity index (χ3n) is 3.29. The molecular weight excluding hydrogens is 381 g/mol. The summed E-state index contributed by atoms with van der Waals surface area (Å²) in [5.74, 6) is 0.416. The summed E-state index contributed by atoms with van der Waals surface area (Å²) in [6.07, 6.45) is 0. The third-order valence-corrected chi connectivity index (χ3v) is 5.66. The van der Waals surface area contributed by atoms with Crippen LogP contribution in [-0.2, 0) is 6.54 Å². The second-order valence-corrected chi connectivity index (χ2v) is 8.01. The lowest BCUT2D eigenvalue weighted by Crippen LogP contribution is -2.08. The summed E-state index contributed by atoms with van der Waals surface area (Å²) in [7, 11) is 0. The zero-order valence-electron chi connectivity index (χ0n) is 13.4. The molecule has 0 N–H and O–H groups in total. The summed E-state index contributed by atoms with van der Waals surface area (Å²) in [6, 6.07) is 8.52. The highest BCUT2D eigenvalue weighted by atomic mass is 35.5. The average molecular weight is 394 g/mol. The SMILES string of the molecule is CC(C)Cn1c(Sc2snc(Cl)c2C#N)nnc1-c1ccccc1F. The second kappa shape index (κ2) is 7.52. The molecule has 25 heavy (non-hydrogen) atoms. The minimum atomic E-state index is -0.352. The predicted molar refractivity (Wildman–Crippen MR) is 96.2 cm³/mol. The van der Waals surface area contributed by atoms with Crippen LogP contribution in [0.25, 0.3) is 11.4 Å². The molecule has 0 aliphatic heterocycles. The van der Waals surface area contributed by atoms with E-state index in [1.54, 1.807) is 18.2 Å². The summed E-state index contributed by atoms with van der Waals surface area (Å²) in [5.41, 5.74) is 0.716. The molecule has 2 heterocycles. The Hall–Kier alpha value is -1.95. The number of aromatic nitrogens is 4. The quantitative estimate of drug-likeness (QED) is 0.618. The van der Waals surface area contributed by atoms with Crippen molar-refractivity contribution in [3.05, 3.63) is 40.8 Å². The minimum absolute atomic E-state index is 0.180. The Labute approximate surface area is 157 Å². The van der Waals surface area contributed by atoms with Crippen LogP contribution in [0.3, 0.4) is 0 Å². The first-order chi connectivity index (χ1) is 12.0. The predicted octanol–water partition coefficient (Wildman–Crippen LogP) is 4.87. The van der Waals surface area contributed by atoms with E-state index in [2.05, 4.69) is 28.4 Å². The van der Waals surface area contributed by atoms with Crippen molar-refractivity contribution in [1.82, 2.24) is 19.1 Å². The number of benzene rings is 1. The molecule has 3 rings (SSSR count). The summed E-state index contributed by atoms with van der Waals surface area (Å²) in [5, 5.41) is 18.4. The lowest BCUT2D eigenvalue weighted by Gasteiger charge is -2.12. The first-order valence-corrected chi connectivity index (χ1v) is 9.39. The van der Waals surface area contributed by atoms with Gasteiger partial charge in [-0.05, 0) is 41.3 Å². The lowest BCUT2D eigenvalue weighted by atomic mass is 10.2. The molecule has 0 saturated heterocycles. The molecule has 0 unspecified atom stereocenters. The van der Waals surface area contributed by atoms with Crippen LogP contribution in [0.2, 0.25) is 5.15 Å². The van der Waals surface area contributed by atoms with Crippen molar-refractivity contribution >= 4 is 34.9 Å². The van der Waals surface area contributed by atoms with E-state index >= 15 is 0 Å². The Bertz CT molecular complexity index is 944. The second-order valence-electron chi connectivity index (χ2n) is 5.64. The molecule has 5 nitrogen and oxygen atoms in total. The number of hydrogen-bond acceptors (Lipinski definition) is 6. The van der Waals surface area contributed by atoms with Crippen LogP contribution in [0.1, 0.15) is 19.4 Å². The number of halogens is 2. The van der Waals surface area contributed by atoms with Gasteiger partial charge in [-0.2, -0.15) is 9.64 Å². The molecule has 0 amide bonds. The van der Waals surface area contributed by atoms with E-state index in [0.29, 0.717) is 38.8 Å². The summed E-state index contributed by atoms with van der Waals surface area (Å²) in [6.45, 7) is 4.74. The van der Waals surface area contributed by atoms with E-state index in [-0.39, 0.29) is 11.0 Å². The molecule has 0 aliphatic rings. The van der Waals surface area contributed by atoms with E-state index in [9.17, 15) is 9.65 Å². The van der Waals surface area contributed by atoms with Crippen molar-refractivity contribution in [3.63, 3.8) is 0 Å². The van der Waals surface area contributed by atoms with Gasteiger partial charge in [0.05, 0.1) is 5.56 Å². The number of nitrogens with zero attached hydrogens (tertiary/aromatic N) is 5. The standard InChI is InChI=1S/C16H13ClFN5S2/c1-9(2)8-23-14(10-5-3-4-6-12(10)18)20-21-16(23)24-15-11(7-19)13(17)22-25-15/h3-6,9H,8H2,1-2H3. The van der Waals surface area contributed by atoms with Gasteiger partial charge in [0.1, 0.15) is 21.7 Å². The van der Waals surface area contributed by atoms with Gasteiger partial charge in [-0.1, -0.05) is 37.6 Å². The maximum Gasteiger partial charge on any atom is 0.197 e. The molecule has 0 bridgehead atoms. The normalized spacial score (nSPS) is 11.0. The molecule has 0 aliphatic carbocycles. The van der Waals surface area contributed by atoms with Gasteiger partial charge in [-0.15, -0.1) is 10.2 Å². The molecular formula is C16H13ClFN5S2. The van der Waals surface area contributed by atoms with Crippen molar-refractivity contribution in [2.75, 3.05) is 0 Å². The average Bonchev–Trinajstić information content (AvgIpc) is 3.12. The highest BCUT2D eigenvalue weighted by Crippen LogP contribution is 2.37. The third kappa shape index (κ3) is 3.68. The highest BCUT2D eigenvalue weighted by molar-refractivity contribution is 8.01. The zero-order chi connectivity index (χ0) is 18.0. The van der Waals surface area contributed by atoms with Crippen LogP contribution < -0.4 is 0 Å². The number of hydrogen-bond donors (Lipinski definition) is 0. The van der Waals surface area contributed by atoms with E-state index in [1.807, 2.05) is 10.6 Å². The van der Waals surface area contributed by atoms with Crippen molar-refractivity contribution in [2.24, 2.45) is 5.92 Å². The molecule has 0 fully saturated rings. The molecule has 0 saturated carbocycles. The van der Waals surface area contributed by atoms with Gasteiger partial charge in [0.15, 0.2) is 16.1 Å². The number of nitriles is 1. The van der Waals surface area contributed by atoms with Gasteiger partial charge in [-0.3, -0.25) is 0 Å². The van der Waals surface area contributed by atoms with Crippen LogP contribution in [0, 0.1) is 23.1 Å². The van der Waals surface area contributed by atoms with E-state index in [1.165, 1.54) is 17.8 Å². The van der Waals surface area contributed by atoms with Gasteiger partial charge in [0.2, 0.25) is 0 Å². The van der Waals surface area contributed by atoms with Crippen molar-refractivity contribution in [3.8, 4) is 17.5 Å². The van der Waals surface area contributed by atoms with Crippen LogP contribution >= 0.6 is 34.9 Å². The largest absolute Gasteiger partial charge is 0.301 e. The summed E-state index contributed by atoms with van der Waals surface area (Å²) < 4.78 is 20.7. The Balaban J connectivity index is 2.06. The van der Waals surface area contributed by atoms with Gasteiger partial charge >= 0.3 is 0 Å². The summed E-state index contributed by atoms with van der Waals surface area (Å²) in [4.78, 5) is 0. The molecule has 3 aromatic rings. The van der Waals surface area contributed by atoms with E-state index in [4.69, 9.17) is 11.6 Å². The van der Waals surface area contributed by atoms with Crippen LogP contribution in [0.5, 0.6) is 0 Å². The molecule has 0 radical (unpaired) electrons. The fraction of sp³-hybridized carbons (Fsp3) is 0.250. The smallest absolute Gasteiger partial charge is 0.197 e. The number of rotatable bonds is 5. The Kier molecular flexibility index (Phi) is 5.37. The Morgan fingerprint density at radius 1 is 1.36 bits per heavy atom. The molecule has 0 atom stereocenters. The fourth-order valence-corrected chi connectivity index (χ4v) is 4.32. The zero-order valence-corrected chi connectivity index (χ0v) is 15.8. The van der Waals surface area contributed by atoms with Crippen LogP contribution in [-0.4, -0.2) is 19.1 Å². The maximum atomic E-state index is 14.2. The molecule has 1 aromatic carbocycles. The molecule has 2 aromatic heterocycles. The summed E-state index contributed by atoms with van der Waals surface area (Å²) >= 11 is 8.33.